The number of aldehydes is 1. The zero-order chi connectivity index (χ0) is 19.2. The molecule has 0 atom stereocenters. The van der Waals surface area contributed by atoms with E-state index in [9.17, 15) is 9.59 Å². The van der Waals surface area contributed by atoms with Crippen LogP contribution in [-0.4, -0.2) is 30.1 Å². The predicted octanol–water partition coefficient (Wildman–Crippen LogP) is 5.38. The lowest BCUT2D eigenvalue weighted by atomic mass is 10.1. The zero-order valence-electron chi connectivity index (χ0n) is 16.1. The number of nitrogens with zero attached hydrogens (tertiary/aromatic N) is 1. The van der Waals surface area contributed by atoms with Gasteiger partial charge in [0, 0.05) is 25.3 Å². The molecule has 1 rings (SSSR count). The molecule has 0 saturated carbocycles. The Morgan fingerprint density at radius 3 is 2.46 bits per heavy atom. The number of benzene rings is 1. The van der Waals surface area contributed by atoms with E-state index in [-0.39, 0.29) is 5.78 Å². The molecule has 142 valence electrons. The van der Waals surface area contributed by atoms with Gasteiger partial charge in [-0.2, -0.15) is 0 Å². The quantitative estimate of drug-likeness (QED) is 0.190. The Morgan fingerprint density at radius 2 is 1.88 bits per heavy atom. The van der Waals surface area contributed by atoms with E-state index in [1.165, 1.54) is 5.56 Å². The van der Waals surface area contributed by atoms with Crippen molar-refractivity contribution >= 4 is 23.8 Å². The van der Waals surface area contributed by atoms with Crippen LogP contribution in [0.3, 0.4) is 0 Å². The molecule has 0 aliphatic heterocycles. The predicted molar refractivity (Wildman–Crippen MR) is 112 cm³/mol. The van der Waals surface area contributed by atoms with Crippen molar-refractivity contribution in [2.24, 2.45) is 0 Å². The Labute approximate surface area is 162 Å². The van der Waals surface area contributed by atoms with Crippen molar-refractivity contribution in [3.8, 4) is 0 Å². The molecule has 1 aromatic carbocycles. The molecule has 0 heterocycles. The van der Waals surface area contributed by atoms with Gasteiger partial charge in [-0.05, 0) is 37.8 Å². The second-order valence-electron chi connectivity index (χ2n) is 6.25. The van der Waals surface area contributed by atoms with E-state index in [0.717, 1.165) is 61.4 Å². The summed E-state index contributed by atoms with van der Waals surface area (Å²) in [6.45, 7) is 9.53. The number of rotatable bonds is 14. The van der Waals surface area contributed by atoms with Gasteiger partial charge in [0.15, 0.2) is 5.78 Å². The van der Waals surface area contributed by atoms with E-state index in [2.05, 4.69) is 30.5 Å². The Bertz CT molecular complexity index is 595. The lowest BCUT2D eigenvalue weighted by Crippen LogP contribution is -2.26. The van der Waals surface area contributed by atoms with Crippen molar-refractivity contribution < 1.29 is 9.59 Å². The minimum atomic E-state index is 0.0860. The number of ketones is 1. The summed E-state index contributed by atoms with van der Waals surface area (Å²) in [7, 11) is 0. The van der Waals surface area contributed by atoms with Crippen LogP contribution in [0.25, 0.3) is 0 Å². The fourth-order valence-electron chi connectivity index (χ4n) is 2.78. The average molecular weight is 374 g/mol. The number of carbonyl (C=O) groups is 2. The Kier molecular flexibility index (Phi) is 11.5. The van der Waals surface area contributed by atoms with Gasteiger partial charge in [-0.25, -0.2) is 0 Å². The van der Waals surface area contributed by atoms with E-state index in [0.29, 0.717) is 6.42 Å². The normalized spacial score (nSPS) is 11.6. The summed E-state index contributed by atoms with van der Waals surface area (Å²) in [5.74, 6) is 0.856. The first-order chi connectivity index (χ1) is 12.6. The molecule has 0 fully saturated rings. The smallest absolute Gasteiger partial charge is 0.168 e. The summed E-state index contributed by atoms with van der Waals surface area (Å²) in [6, 6.07) is 10.2. The van der Waals surface area contributed by atoms with Crippen LogP contribution in [0.15, 0.2) is 53.6 Å². The third-order valence-corrected chi connectivity index (χ3v) is 5.32. The fraction of sp³-hybridized carbons (Fsp3) is 0.455. The van der Waals surface area contributed by atoms with E-state index in [1.807, 2.05) is 24.3 Å². The summed E-state index contributed by atoms with van der Waals surface area (Å²) in [5.41, 5.74) is 2.14. The SMILES string of the molecule is C=C/C(=C(/SCc1ccccc1)C(C)=O)N(CCC)CCCCCC=O. The molecule has 1 aromatic rings. The molecule has 0 saturated heterocycles. The topological polar surface area (TPSA) is 37.4 Å². The lowest BCUT2D eigenvalue weighted by Gasteiger charge is -2.27. The molecule has 0 aliphatic rings. The van der Waals surface area contributed by atoms with Crippen LogP contribution >= 0.6 is 11.8 Å². The van der Waals surface area contributed by atoms with Crippen molar-refractivity contribution in [3.05, 3.63) is 59.2 Å². The van der Waals surface area contributed by atoms with Crippen molar-refractivity contribution in [2.75, 3.05) is 13.1 Å². The summed E-state index contributed by atoms with van der Waals surface area (Å²) < 4.78 is 0. The maximum absolute atomic E-state index is 12.3. The molecule has 0 N–H and O–H groups in total. The molecular formula is C22H31NO2S. The van der Waals surface area contributed by atoms with Gasteiger partial charge < -0.3 is 9.69 Å². The van der Waals surface area contributed by atoms with Gasteiger partial charge in [0.1, 0.15) is 6.29 Å². The summed E-state index contributed by atoms with van der Waals surface area (Å²) in [4.78, 5) is 25.8. The molecule has 0 spiro atoms. The van der Waals surface area contributed by atoms with Crippen LogP contribution in [-0.2, 0) is 15.3 Å². The number of Topliss-reactive ketones (excluding diaryl/α,β-unsaturated/α-hetero) is 1. The van der Waals surface area contributed by atoms with Crippen LogP contribution < -0.4 is 0 Å². The molecule has 0 amide bonds. The highest BCUT2D eigenvalue weighted by atomic mass is 32.2. The largest absolute Gasteiger partial charge is 0.371 e. The zero-order valence-corrected chi connectivity index (χ0v) is 16.9. The average Bonchev–Trinajstić information content (AvgIpc) is 2.65. The first kappa shape index (κ1) is 22.2. The number of hydrogen-bond acceptors (Lipinski definition) is 4. The second-order valence-corrected chi connectivity index (χ2v) is 7.24. The molecule has 0 aliphatic carbocycles. The third-order valence-electron chi connectivity index (χ3n) is 4.06. The standard InChI is InChI=1S/C22H31NO2S/c1-4-15-23(16-11-6-7-12-17-24)21(5-2)22(19(3)25)26-18-20-13-9-8-10-14-20/h5,8-10,13-14,17H,2,4,6-7,11-12,15-16,18H2,1,3H3/b22-21-. The maximum atomic E-state index is 12.3. The number of unbranched alkanes of at least 4 members (excludes halogenated alkanes) is 3. The fourth-order valence-corrected chi connectivity index (χ4v) is 3.85. The van der Waals surface area contributed by atoms with Gasteiger partial charge in [0.05, 0.1) is 10.6 Å². The van der Waals surface area contributed by atoms with E-state index >= 15 is 0 Å². The Balaban J connectivity index is 2.88. The highest BCUT2D eigenvalue weighted by Crippen LogP contribution is 2.28. The number of allylic oxidation sites excluding steroid dienone is 2. The molecule has 3 nitrogen and oxygen atoms in total. The minimum absolute atomic E-state index is 0.0860. The maximum Gasteiger partial charge on any atom is 0.168 e. The van der Waals surface area contributed by atoms with Gasteiger partial charge in [0.25, 0.3) is 0 Å². The van der Waals surface area contributed by atoms with Gasteiger partial charge in [-0.3, -0.25) is 4.79 Å². The molecule has 0 unspecified atom stereocenters. The Hall–Kier alpha value is -1.81. The van der Waals surface area contributed by atoms with Crippen LogP contribution in [0.2, 0.25) is 0 Å². The van der Waals surface area contributed by atoms with Crippen LogP contribution in [0.4, 0.5) is 0 Å². The number of carbonyl (C=O) groups excluding carboxylic acids is 2. The minimum Gasteiger partial charge on any atom is -0.371 e. The first-order valence-corrected chi connectivity index (χ1v) is 10.4. The molecule has 0 radical (unpaired) electrons. The monoisotopic (exact) mass is 373 g/mol. The van der Waals surface area contributed by atoms with Crippen LogP contribution in [0, 0.1) is 0 Å². The summed E-state index contributed by atoms with van der Waals surface area (Å²) in [5, 5.41) is 0. The molecular weight excluding hydrogens is 342 g/mol. The van der Waals surface area contributed by atoms with Crippen molar-refractivity contribution in [1.29, 1.82) is 0 Å². The molecule has 26 heavy (non-hydrogen) atoms. The van der Waals surface area contributed by atoms with Gasteiger partial charge in [-0.1, -0.05) is 50.3 Å². The van der Waals surface area contributed by atoms with E-state index in [4.69, 9.17) is 0 Å². The van der Waals surface area contributed by atoms with Crippen molar-refractivity contribution in [3.63, 3.8) is 0 Å². The molecule has 0 bridgehead atoms. The van der Waals surface area contributed by atoms with Gasteiger partial charge >= 0.3 is 0 Å². The number of thioether (sulfide) groups is 1. The highest BCUT2D eigenvalue weighted by Gasteiger charge is 2.16. The van der Waals surface area contributed by atoms with E-state index < -0.39 is 0 Å². The van der Waals surface area contributed by atoms with Crippen LogP contribution in [0.5, 0.6) is 0 Å². The lowest BCUT2D eigenvalue weighted by molar-refractivity contribution is -0.113. The highest BCUT2D eigenvalue weighted by molar-refractivity contribution is 8.03. The number of hydrogen-bond donors (Lipinski definition) is 0. The first-order valence-electron chi connectivity index (χ1n) is 9.37. The summed E-state index contributed by atoms with van der Waals surface area (Å²) >= 11 is 1.59. The second kappa shape index (κ2) is 13.4. The molecule has 4 heteroatoms. The Morgan fingerprint density at radius 1 is 1.15 bits per heavy atom. The van der Waals surface area contributed by atoms with Gasteiger partial charge in [-0.15, -0.1) is 11.8 Å². The summed E-state index contributed by atoms with van der Waals surface area (Å²) in [6.07, 6.45) is 7.40. The van der Waals surface area contributed by atoms with E-state index in [1.54, 1.807) is 18.7 Å². The van der Waals surface area contributed by atoms with Crippen molar-refractivity contribution in [2.45, 2.75) is 51.7 Å². The van der Waals surface area contributed by atoms with Crippen LogP contribution in [0.1, 0.15) is 51.5 Å². The van der Waals surface area contributed by atoms with Gasteiger partial charge in [0.2, 0.25) is 0 Å². The van der Waals surface area contributed by atoms with Crippen molar-refractivity contribution in [1.82, 2.24) is 4.90 Å². The molecule has 0 aromatic heterocycles. The third kappa shape index (κ3) is 8.05.